The number of carbonyl (C=O) groups is 1. The van der Waals surface area contributed by atoms with E-state index in [1.165, 1.54) is 6.92 Å². The molecular weight excluding hydrogens is 444 g/mol. The highest BCUT2D eigenvalue weighted by Crippen LogP contribution is 2.22. The molecule has 2 aromatic carbocycles. The fourth-order valence-electron chi connectivity index (χ4n) is 2.49. The van der Waals surface area contributed by atoms with Crippen molar-refractivity contribution in [3.63, 3.8) is 0 Å². The molecule has 0 fully saturated rings. The van der Waals surface area contributed by atoms with E-state index in [0.717, 1.165) is 10.0 Å². The zero-order valence-electron chi connectivity index (χ0n) is 16.2. The normalized spacial score (nSPS) is 11.3. The number of amides is 2. The summed E-state index contributed by atoms with van der Waals surface area (Å²) in [5.41, 5.74) is 1.58. The Bertz CT molecular complexity index is 899. The van der Waals surface area contributed by atoms with Gasteiger partial charge in [-0.05, 0) is 58.6 Å². The third-order valence-corrected chi connectivity index (χ3v) is 5.71. The number of para-hydroxylation sites is 1. The van der Waals surface area contributed by atoms with Gasteiger partial charge in [0.05, 0.1) is 11.4 Å². The van der Waals surface area contributed by atoms with Gasteiger partial charge < -0.3 is 14.4 Å². The number of anilines is 1. The van der Waals surface area contributed by atoms with Crippen LogP contribution in [0.1, 0.15) is 26.3 Å². The van der Waals surface area contributed by atoms with Crippen LogP contribution in [0.4, 0.5) is 10.5 Å². The molecule has 0 bridgehead atoms. The van der Waals surface area contributed by atoms with Crippen molar-refractivity contribution in [2.75, 3.05) is 17.6 Å². The lowest BCUT2D eigenvalue weighted by Crippen LogP contribution is -2.37. The Morgan fingerprint density at radius 3 is 2.36 bits per heavy atom. The second-order valence-electron chi connectivity index (χ2n) is 6.76. The number of nitrogens with zero attached hydrogens (tertiary/aromatic N) is 1. The number of hydrogen-bond donors (Lipinski definition) is 1. The number of benzene rings is 2. The van der Waals surface area contributed by atoms with Gasteiger partial charge in [0.2, 0.25) is 0 Å². The molecule has 1 N–H and O–H groups in total. The average molecular weight is 469 g/mol. The zero-order chi connectivity index (χ0) is 20.7. The quantitative estimate of drug-likeness (QED) is 0.560. The minimum absolute atomic E-state index is 0.0911. The van der Waals surface area contributed by atoms with E-state index >= 15 is 0 Å². The first kappa shape index (κ1) is 22.2. The van der Waals surface area contributed by atoms with Gasteiger partial charge in [0.1, 0.15) is 5.75 Å². The Kier molecular flexibility index (Phi) is 7.88. The van der Waals surface area contributed by atoms with Crippen LogP contribution in [0.2, 0.25) is 0 Å². The van der Waals surface area contributed by atoms with E-state index in [2.05, 4.69) is 21.2 Å². The van der Waals surface area contributed by atoms with E-state index in [1.54, 1.807) is 29.2 Å². The fourth-order valence-corrected chi connectivity index (χ4v) is 3.40. The van der Waals surface area contributed by atoms with Crippen molar-refractivity contribution in [2.24, 2.45) is 5.92 Å². The Labute approximate surface area is 175 Å². The second-order valence-corrected chi connectivity index (χ2v) is 9.47. The molecule has 0 radical (unpaired) electrons. The average Bonchev–Trinajstić information content (AvgIpc) is 2.64. The van der Waals surface area contributed by atoms with Gasteiger partial charge in [-0.3, -0.25) is 0 Å². The highest BCUT2D eigenvalue weighted by molar-refractivity contribution is 9.10. The first-order valence-electron chi connectivity index (χ1n) is 9.01. The van der Waals surface area contributed by atoms with Gasteiger partial charge in [0, 0.05) is 17.6 Å². The van der Waals surface area contributed by atoms with Gasteiger partial charge >= 0.3 is 16.1 Å². The van der Waals surface area contributed by atoms with Crippen LogP contribution >= 0.6 is 15.9 Å². The minimum Gasteiger partial charge on any atom is -0.382 e. The maximum absolute atomic E-state index is 12.8. The van der Waals surface area contributed by atoms with E-state index in [9.17, 15) is 13.2 Å². The summed E-state index contributed by atoms with van der Waals surface area (Å²) in [6.07, 6.45) is 0. The molecule has 2 aromatic rings. The predicted molar refractivity (Wildman–Crippen MR) is 115 cm³/mol. The number of hydrogen-bond acceptors (Lipinski definition) is 4. The molecule has 8 heteroatoms. The van der Waals surface area contributed by atoms with Gasteiger partial charge in [-0.15, -0.1) is 0 Å². The molecule has 28 heavy (non-hydrogen) atoms. The number of rotatable bonds is 8. The van der Waals surface area contributed by atoms with Crippen LogP contribution in [0.5, 0.6) is 5.75 Å². The molecule has 0 aliphatic heterocycles. The van der Waals surface area contributed by atoms with Crippen molar-refractivity contribution < 1.29 is 17.4 Å². The molecule has 6 nitrogen and oxygen atoms in total. The number of carbonyl (C=O) groups excluding carboxylic acids is 1. The smallest absolute Gasteiger partial charge is 0.322 e. The molecule has 2 rings (SSSR count). The van der Waals surface area contributed by atoms with Gasteiger partial charge in [0.25, 0.3) is 0 Å². The standard InChI is InChI=1S/C20H25BrN2O4S/c1-4-28(25,26)27-17-11-9-16(10-12-17)14-23(13-15(2)3)20(24)22-19-8-6-5-7-18(19)21/h5-12,15H,4,13-14H2,1-3H3,(H,22,24). The molecule has 0 spiro atoms. The monoisotopic (exact) mass is 468 g/mol. The van der Waals surface area contributed by atoms with Gasteiger partial charge in [0.15, 0.2) is 0 Å². The Morgan fingerprint density at radius 2 is 1.79 bits per heavy atom. The second kappa shape index (κ2) is 9.93. The molecule has 0 aliphatic carbocycles. The Balaban J connectivity index is 2.11. The molecular formula is C20H25BrN2O4S. The van der Waals surface area contributed by atoms with Crippen molar-refractivity contribution in [1.29, 1.82) is 0 Å². The van der Waals surface area contributed by atoms with Crippen molar-refractivity contribution >= 4 is 37.8 Å². The predicted octanol–water partition coefficient (Wildman–Crippen LogP) is 4.87. The molecule has 2 amide bonds. The highest BCUT2D eigenvalue weighted by atomic mass is 79.9. The molecule has 0 heterocycles. The largest absolute Gasteiger partial charge is 0.382 e. The molecule has 0 saturated heterocycles. The van der Waals surface area contributed by atoms with Gasteiger partial charge in [-0.25, -0.2) is 4.79 Å². The number of nitrogens with one attached hydrogen (secondary N) is 1. The van der Waals surface area contributed by atoms with Crippen molar-refractivity contribution in [3.8, 4) is 5.75 Å². The summed E-state index contributed by atoms with van der Waals surface area (Å²) in [4.78, 5) is 14.5. The van der Waals surface area contributed by atoms with Crippen LogP contribution in [-0.2, 0) is 16.7 Å². The lowest BCUT2D eigenvalue weighted by molar-refractivity contribution is 0.201. The summed E-state index contributed by atoms with van der Waals surface area (Å²) in [7, 11) is -3.56. The first-order chi connectivity index (χ1) is 13.2. The minimum atomic E-state index is -3.56. The maximum atomic E-state index is 12.8. The van der Waals surface area contributed by atoms with Crippen LogP contribution < -0.4 is 9.50 Å². The summed E-state index contributed by atoms with van der Waals surface area (Å²) in [5.74, 6) is 0.465. The Hall–Kier alpha value is -2.06. The number of urea groups is 1. The van der Waals surface area contributed by atoms with Crippen molar-refractivity contribution in [1.82, 2.24) is 4.90 Å². The van der Waals surface area contributed by atoms with E-state index < -0.39 is 10.1 Å². The lowest BCUT2D eigenvalue weighted by Gasteiger charge is -2.25. The van der Waals surface area contributed by atoms with Gasteiger partial charge in [-0.2, -0.15) is 8.42 Å². The molecule has 0 saturated carbocycles. The SMILES string of the molecule is CCS(=O)(=O)Oc1ccc(CN(CC(C)C)C(=O)Nc2ccccc2Br)cc1. The molecule has 0 aliphatic rings. The molecule has 152 valence electrons. The van der Waals surface area contributed by atoms with Crippen LogP contribution in [0, 0.1) is 5.92 Å². The highest BCUT2D eigenvalue weighted by Gasteiger charge is 2.17. The third-order valence-electron chi connectivity index (χ3n) is 3.86. The summed E-state index contributed by atoms with van der Waals surface area (Å²) < 4.78 is 28.9. The number of halogens is 1. The Morgan fingerprint density at radius 1 is 1.14 bits per heavy atom. The summed E-state index contributed by atoms with van der Waals surface area (Å²) >= 11 is 3.43. The summed E-state index contributed by atoms with van der Waals surface area (Å²) in [6.45, 7) is 6.60. The van der Waals surface area contributed by atoms with Crippen LogP contribution in [-0.4, -0.2) is 31.6 Å². The van der Waals surface area contributed by atoms with E-state index in [4.69, 9.17) is 4.18 Å². The fraction of sp³-hybridized carbons (Fsp3) is 0.350. The first-order valence-corrected chi connectivity index (χ1v) is 11.4. The topological polar surface area (TPSA) is 75.7 Å². The van der Waals surface area contributed by atoms with Crippen molar-refractivity contribution in [2.45, 2.75) is 27.3 Å². The van der Waals surface area contributed by atoms with Crippen molar-refractivity contribution in [3.05, 3.63) is 58.6 Å². The lowest BCUT2D eigenvalue weighted by atomic mass is 10.1. The maximum Gasteiger partial charge on any atom is 0.322 e. The molecule has 0 aromatic heterocycles. The van der Waals surface area contributed by atoms with E-state index in [1.807, 2.05) is 38.1 Å². The van der Waals surface area contributed by atoms with Gasteiger partial charge in [-0.1, -0.05) is 38.1 Å². The summed E-state index contributed by atoms with van der Waals surface area (Å²) in [5, 5.41) is 2.92. The summed E-state index contributed by atoms with van der Waals surface area (Å²) in [6, 6.07) is 14.0. The molecule has 0 unspecified atom stereocenters. The van der Waals surface area contributed by atoms with Crippen LogP contribution in [0.3, 0.4) is 0 Å². The van der Waals surface area contributed by atoms with Crippen LogP contribution in [0.15, 0.2) is 53.0 Å². The third kappa shape index (κ3) is 6.83. The van der Waals surface area contributed by atoms with E-state index in [-0.39, 0.29) is 17.5 Å². The zero-order valence-corrected chi connectivity index (χ0v) is 18.6. The van der Waals surface area contributed by atoms with Crippen LogP contribution in [0.25, 0.3) is 0 Å². The molecule has 0 atom stereocenters. The van der Waals surface area contributed by atoms with E-state index in [0.29, 0.717) is 24.7 Å².